The first kappa shape index (κ1) is 17.5. The smallest absolute Gasteiger partial charge is 0.343 e. The van der Waals surface area contributed by atoms with Crippen LogP contribution in [-0.4, -0.2) is 31.4 Å². The second kappa shape index (κ2) is 8.02. The third-order valence-corrected chi connectivity index (χ3v) is 4.54. The molecule has 0 aliphatic heterocycles. The summed E-state index contributed by atoms with van der Waals surface area (Å²) in [5, 5.41) is 0.743. The van der Waals surface area contributed by atoms with Gasteiger partial charge in [0.2, 0.25) is 0 Å². The molecule has 0 aliphatic rings. The lowest BCUT2D eigenvalue weighted by Crippen LogP contribution is -2.25. The van der Waals surface area contributed by atoms with Crippen LogP contribution in [0, 0.1) is 0 Å². The van der Waals surface area contributed by atoms with E-state index in [1.165, 1.54) is 18.3 Å². The number of nitrogen functional groups attached to an aromatic ring is 1. The summed E-state index contributed by atoms with van der Waals surface area (Å²) in [4.78, 5) is 26.4. The van der Waals surface area contributed by atoms with Crippen molar-refractivity contribution in [2.24, 2.45) is 0 Å². The van der Waals surface area contributed by atoms with E-state index in [4.69, 9.17) is 10.5 Å². The summed E-state index contributed by atoms with van der Waals surface area (Å²) in [6.07, 6.45) is 2.08. The van der Waals surface area contributed by atoms with Gasteiger partial charge >= 0.3 is 5.97 Å². The fourth-order valence-corrected chi connectivity index (χ4v) is 3.26. The molecule has 118 valence electrons. The number of thiophene rings is 1. The van der Waals surface area contributed by atoms with E-state index in [1.807, 2.05) is 6.92 Å². The number of unbranched alkanes of at least 4 members (excludes halogenated alkanes) is 1. The molecule has 21 heavy (non-hydrogen) atoms. The van der Waals surface area contributed by atoms with Crippen LogP contribution in [0.2, 0.25) is 0 Å². The number of esters is 1. The standard InChI is InChI=1S/C15H24N2O3S/c1-5-8-9-17(6-2)14-11(15(19)20-7-3)12(16)13(21-14)10(4)18/h5-9,16H2,1-4H3. The molecular weight excluding hydrogens is 288 g/mol. The first-order valence-electron chi connectivity index (χ1n) is 7.33. The van der Waals surface area contributed by atoms with Crippen molar-refractivity contribution in [3.63, 3.8) is 0 Å². The van der Waals surface area contributed by atoms with Crippen molar-refractivity contribution in [2.75, 3.05) is 30.3 Å². The van der Waals surface area contributed by atoms with Gasteiger partial charge in [-0.3, -0.25) is 4.79 Å². The zero-order chi connectivity index (χ0) is 16.0. The lowest BCUT2D eigenvalue weighted by molar-refractivity contribution is 0.0529. The molecule has 0 atom stereocenters. The van der Waals surface area contributed by atoms with Gasteiger partial charge in [-0.05, 0) is 20.3 Å². The maximum Gasteiger partial charge on any atom is 0.343 e. The number of carbonyl (C=O) groups is 2. The van der Waals surface area contributed by atoms with Crippen molar-refractivity contribution in [1.29, 1.82) is 0 Å². The number of nitrogens with zero attached hydrogens (tertiary/aromatic N) is 1. The highest BCUT2D eigenvalue weighted by molar-refractivity contribution is 7.19. The maximum atomic E-state index is 12.2. The van der Waals surface area contributed by atoms with Crippen LogP contribution in [0.3, 0.4) is 0 Å². The Morgan fingerprint density at radius 3 is 2.43 bits per heavy atom. The third-order valence-electron chi connectivity index (χ3n) is 3.18. The first-order valence-corrected chi connectivity index (χ1v) is 8.14. The summed E-state index contributed by atoms with van der Waals surface area (Å²) < 4.78 is 5.09. The normalized spacial score (nSPS) is 10.5. The molecule has 0 spiro atoms. The van der Waals surface area contributed by atoms with Gasteiger partial charge in [-0.1, -0.05) is 13.3 Å². The van der Waals surface area contributed by atoms with Crippen LogP contribution in [0.1, 0.15) is 60.6 Å². The van der Waals surface area contributed by atoms with E-state index in [0.29, 0.717) is 10.4 Å². The molecule has 0 unspecified atom stereocenters. The van der Waals surface area contributed by atoms with E-state index < -0.39 is 5.97 Å². The number of hydrogen-bond acceptors (Lipinski definition) is 6. The van der Waals surface area contributed by atoms with Crippen LogP contribution in [0.5, 0.6) is 0 Å². The predicted molar refractivity (Wildman–Crippen MR) is 87.5 cm³/mol. The van der Waals surface area contributed by atoms with Gasteiger partial charge in [0.05, 0.1) is 17.2 Å². The van der Waals surface area contributed by atoms with Crippen molar-refractivity contribution >= 4 is 33.8 Å². The van der Waals surface area contributed by atoms with E-state index >= 15 is 0 Å². The van der Waals surface area contributed by atoms with E-state index in [-0.39, 0.29) is 18.1 Å². The molecule has 5 nitrogen and oxygen atoms in total. The van der Waals surface area contributed by atoms with Crippen LogP contribution >= 0.6 is 11.3 Å². The van der Waals surface area contributed by atoms with Crippen molar-refractivity contribution < 1.29 is 14.3 Å². The van der Waals surface area contributed by atoms with Crippen LogP contribution < -0.4 is 10.6 Å². The average molecular weight is 312 g/mol. The fraction of sp³-hybridized carbons (Fsp3) is 0.600. The number of rotatable bonds is 8. The molecule has 0 saturated heterocycles. The van der Waals surface area contributed by atoms with Gasteiger partial charge in [0.25, 0.3) is 0 Å². The second-order valence-electron chi connectivity index (χ2n) is 4.73. The Hall–Kier alpha value is -1.56. The summed E-state index contributed by atoms with van der Waals surface area (Å²) in [5.74, 6) is -0.579. The van der Waals surface area contributed by atoms with Gasteiger partial charge < -0.3 is 15.4 Å². The third kappa shape index (κ3) is 3.97. The van der Waals surface area contributed by atoms with E-state index in [1.54, 1.807) is 6.92 Å². The van der Waals surface area contributed by atoms with Crippen LogP contribution in [0.4, 0.5) is 10.7 Å². The lowest BCUT2D eigenvalue weighted by atomic mass is 10.2. The quantitative estimate of drug-likeness (QED) is 0.589. The van der Waals surface area contributed by atoms with Gasteiger partial charge in [-0.25, -0.2) is 4.79 Å². The number of ketones is 1. The summed E-state index contributed by atoms with van der Waals surface area (Å²) in [6, 6.07) is 0. The zero-order valence-electron chi connectivity index (χ0n) is 13.2. The number of ether oxygens (including phenoxy) is 1. The monoisotopic (exact) mass is 312 g/mol. The molecule has 0 bridgehead atoms. The summed E-state index contributed by atoms with van der Waals surface area (Å²) in [5.41, 5.74) is 6.60. The molecule has 0 fully saturated rings. The number of Topliss-reactive ketones (excluding diaryl/α,β-unsaturated/α-hetero) is 1. The molecule has 0 radical (unpaired) electrons. The Morgan fingerprint density at radius 2 is 1.95 bits per heavy atom. The highest BCUT2D eigenvalue weighted by Crippen LogP contribution is 2.39. The molecule has 0 aliphatic carbocycles. The molecule has 0 aromatic carbocycles. The lowest BCUT2D eigenvalue weighted by Gasteiger charge is -2.22. The molecule has 0 amide bonds. The molecule has 1 rings (SSSR count). The summed E-state index contributed by atoms with van der Waals surface area (Å²) in [6.45, 7) is 9.21. The minimum atomic E-state index is -0.455. The number of anilines is 2. The summed E-state index contributed by atoms with van der Waals surface area (Å²) >= 11 is 1.28. The molecular formula is C15H24N2O3S. The van der Waals surface area contributed by atoms with Gasteiger partial charge in [-0.15, -0.1) is 11.3 Å². The molecule has 2 N–H and O–H groups in total. The van der Waals surface area contributed by atoms with Crippen LogP contribution in [0.15, 0.2) is 0 Å². The second-order valence-corrected chi connectivity index (χ2v) is 5.73. The Morgan fingerprint density at radius 1 is 1.29 bits per heavy atom. The van der Waals surface area contributed by atoms with Crippen LogP contribution in [0.25, 0.3) is 0 Å². The SMILES string of the molecule is CCCCN(CC)c1sc(C(C)=O)c(N)c1C(=O)OCC. The summed E-state index contributed by atoms with van der Waals surface area (Å²) in [7, 11) is 0. The number of nitrogens with two attached hydrogens (primary N) is 1. The average Bonchev–Trinajstić information content (AvgIpc) is 2.78. The molecule has 0 saturated carbocycles. The zero-order valence-corrected chi connectivity index (χ0v) is 14.0. The topological polar surface area (TPSA) is 72.6 Å². The largest absolute Gasteiger partial charge is 0.462 e. The Labute approximate surface area is 130 Å². The minimum absolute atomic E-state index is 0.124. The van der Waals surface area contributed by atoms with Gasteiger partial charge in [0.15, 0.2) is 5.78 Å². The predicted octanol–water partition coefficient (Wildman–Crippen LogP) is 3.34. The van der Waals surface area contributed by atoms with Crippen molar-refractivity contribution in [3.05, 3.63) is 10.4 Å². The number of carbonyl (C=O) groups excluding carboxylic acids is 2. The minimum Gasteiger partial charge on any atom is -0.462 e. The molecule has 1 aromatic rings. The Bertz CT molecular complexity index is 511. The van der Waals surface area contributed by atoms with Gasteiger partial charge in [0, 0.05) is 20.0 Å². The highest BCUT2D eigenvalue weighted by Gasteiger charge is 2.27. The van der Waals surface area contributed by atoms with Crippen molar-refractivity contribution in [3.8, 4) is 0 Å². The maximum absolute atomic E-state index is 12.2. The van der Waals surface area contributed by atoms with Crippen LogP contribution in [-0.2, 0) is 4.74 Å². The molecule has 6 heteroatoms. The number of hydrogen-bond donors (Lipinski definition) is 1. The first-order chi connectivity index (χ1) is 9.97. The highest BCUT2D eigenvalue weighted by atomic mass is 32.1. The van der Waals surface area contributed by atoms with E-state index in [2.05, 4.69) is 11.8 Å². The fourth-order valence-electron chi connectivity index (χ4n) is 2.07. The molecule has 1 heterocycles. The van der Waals surface area contributed by atoms with Gasteiger partial charge in [0.1, 0.15) is 10.6 Å². The Kier molecular flexibility index (Phi) is 6.68. The van der Waals surface area contributed by atoms with E-state index in [0.717, 1.165) is 30.9 Å². The van der Waals surface area contributed by atoms with E-state index in [9.17, 15) is 9.59 Å². The Balaban J connectivity index is 3.30. The van der Waals surface area contributed by atoms with Crippen molar-refractivity contribution in [1.82, 2.24) is 0 Å². The van der Waals surface area contributed by atoms with Gasteiger partial charge in [-0.2, -0.15) is 0 Å². The van der Waals surface area contributed by atoms with Crippen molar-refractivity contribution in [2.45, 2.75) is 40.5 Å². The molecule has 1 aromatic heterocycles.